The van der Waals surface area contributed by atoms with Crippen LogP contribution in [0.15, 0.2) is 28.8 Å². The van der Waals surface area contributed by atoms with Gasteiger partial charge < -0.3 is 9.84 Å². The van der Waals surface area contributed by atoms with Gasteiger partial charge >= 0.3 is 0 Å². The normalized spacial score (nSPS) is 16.4. The van der Waals surface area contributed by atoms with Crippen molar-refractivity contribution in [1.29, 1.82) is 0 Å². The van der Waals surface area contributed by atoms with E-state index in [1.807, 2.05) is 25.1 Å². The Balaban J connectivity index is 0.00000208. The maximum atomic E-state index is 13.0. The number of para-hydroxylation sites is 1. The molecule has 1 aliphatic heterocycles. The Morgan fingerprint density at radius 2 is 2.00 bits per heavy atom. The topological polar surface area (TPSA) is 75.4 Å². The van der Waals surface area contributed by atoms with Gasteiger partial charge in [-0.3, -0.25) is 0 Å². The Kier molecular flexibility index (Phi) is 6.62. The van der Waals surface area contributed by atoms with E-state index in [4.69, 9.17) is 4.52 Å². The summed E-state index contributed by atoms with van der Waals surface area (Å²) in [5.41, 5.74) is 1.12. The molecule has 0 atom stereocenters. The SMILES string of the molecule is CCCN(C1CCNCC1)S(=O)(=O)Cc1noc2ccccc12.Cl. The zero-order valence-corrected chi connectivity index (χ0v) is 15.4. The zero-order chi connectivity index (χ0) is 16.3. The summed E-state index contributed by atoms with van der Waals surface area (Å²) in [4.78, 5) is 0. The van der Waals surface area contributed by atoms with Crippen molar-refractivity contribution < 1.29 is 12.9 Å². The van der Waals surface area contributed by atoms with Gasteiger partial charge in [-0.2, -0.15) is 4.31 Å². The van der Waals surface area contributed by atoms with Crippen LogP contribution in [0.3, 0.4) is 0 Å². The minimum atomic E-state index is -3.42. The maximum absolute atomic E-state index is 13.0. The molecule has 1 N–H and O–H groups in total. The van der Waals surface area contributed by atoms with E-state index in [1.54, 1.807) is 10.4 Å². The first kappa shape index (κ1) is 19.2. The first-order chi connectivity index (χ1) is 11.1. The summed E-state index contributed by atoms with van der Waals surface area (Å²) in [7, 11) is -3.42. The average Bonchev–Trinajstić information content (AvgIpc) is 2.96. The number of hydrogen-bond donors (Lipinski definition) is 1. The van der Waals surface area contributed by atoms with Gasteiger partial charge in [0.15, 0.2) is 5.58 Å². The van der Waals surface area contributed by atoms with Gasteiger partial charge in [0.1, 0.15) is 11.4 Å². The fourth-order valence-corrected chi connectivity index (χ4v) is 5.01. The summed E-state index contributed by atoms with van der Waals surface area (Å²) in [5, 5.41) is 8.03. The molecule has 0 radical (unpaired) electrons. The second kappa shape index (κ2) is 8.29. The first-order valence-electron chi connectivity index (χ1n) is 8.15. The van der Waals surface area contributed by atoms with E-state index in [-0.39, 0.29) is 24.2 Å². The van der Waals surface area contributed by atoms with Crippen molar-refractivity contribution >= 4 is 33.4 Å². The summed E-state index contributed by atoms with van der Waals surface area (Å²) < 4.78 is 32.8. The lowest BCUT2D eigenvalue weighted by Crippen LogP contribution is -2.46. The highest BCUT2D eigenvalue weighted by molar-refractivity contribution is 7.88. The monoisotopic (exact) mass is 373 g/mol. The van der Waals surface area contributed by atoms with Gasteiger partial charge in [-0.05, 0) is 44.5 Å². The smallest absolute Gasteiger partial charge is 0.220 e. The molecule has 134 valence electrons. The molecular weight excluding hydrogens is 350 g/mol. The number of rotatable bonds is 6. The molecule has 0 saturated carbocycles. The summed E-state index contributed by atoms with van der Waals surface area (Å²) in [6.45, 7) is 4.30. The molecule has 3 rings (SSSR count). The van der Waals surface area contributed by atoms with E-state index < -0.39 is 10.0 Å². The summed E-state index contributed by atoms with van der Waals surface area (Å²) in [6.07, 6.45) is 2.53. The van der Waals surface area contributed by atoms with E-state index in [9.17, 15) is 8.42 Å². The van der Waals surface area contributed by atoms with Gasteiger partial charge in [0.05, 0.1) is 0 Å². The summed E-state index contributed by atoms with van der Waals surface area (Å²) in [5.74, 6) is -0.103. The fourth-order valence-electron chi connectivity index (χ4n) is 3.16. The fraction of sp³-hybridized carbons (Fsp3) is 0.562. The lowest BCUT2D eigenvalue weighted by Gasteiger charge is -2.33. The standard InChI is InChI=1S/C16H23N3O3S.ClH/c1-2-11-19(13-7-9-17-10-8-13)23(20,21)12-15-14-5-3-4-6-16(14)22-18-15;/h3-6,13,17H,2,7-12H2,1H3;1H. The quantitative estimate of drug-likeness (QED) is 0.842. The molecule has 0 unspecified atom stereocenters. The number of sulfonamides is 1. The number of piperidine rings is 1. The van der Waals surface area contributed by atoms with Crippen molar-refractivity contribution in [2.24, 2.45) is 0 Å². The minimum Gasteiger partial charge on any atom is -0.356 e. The van der Waals surface area contributed by atoms with E-state index in [2.05, 4.69) is 10.5 Å². The third-order valence-corrected chi connectivity index (χ3v) is 6.12. The van der Waals surface area contributed by atoms with E-state index in [0.29, 0.717) is 17.8 Å². The van der Waals surface area contributed by atoms with E-state index >= 15 is 0 Å². The van der Waals surface area contributed by atoms with Crippen LogP contribution >= 0.6 is 12.4 Å². The number of nitrogens with one attached hydrogen (secondary N) is 1. The Hall–Kier alpha value is -1.15. The molecule has 0 bridgehead atoms. The lowest BCUT2D eigenvalue weighted by molar-refractivity contribution is 0.262. The van der Waals surface area contributed by atoms with Crippen molar-refractivity contribution in [3.05, 3.63) is 30.0 Å². The highest BCUT2D eigenvalue weighted by Crippen LogP contribution is 2.24. The van der Waals surface area contributed by atoms with Crippen molar-refractivity contribution in [3.8, 4) is 0 Å². The van der Waals surface area contributed by atoms with Crippen LogP contribution in [0.25, 0.3) is 11.0 Å². The van der Waals surface area contributed by atoms with Crippen molar-refractivity contribution in [2.75, 3.05) is 19.6 Å². The molecule has 1 fully saturated rings. The Morgan fingerprint density at radius 3 is 2.71 bits per heavy atom. The number of halogens is 1. The molecule has 24 heavy (non-hydrogen) atoms. The number of fused-ring (bicyclic) bond motifs is 1. The number of benzene rings is 1. The van der Waals surface area contributed by atoms with Gasteiger partial charge in [-0.15, -0.1) is 12.4 Å². The van der Waals surface area contributed by atoms with Gasteiger partial charge in [0.2, 0.25) is 10.0 Å². The van der Waals surface area contributed by atoms with Crippen LogP contribution in [0.5, 0.6) is 0 Å². The number of aromatic nitrogens is 1. The molecule has 0 aliphatic carbocycles. The summed E-state index contributed by atoms with van der Waals surface area (Å²) >= 11 is 0. The van der Waals surface area contributed by atoms with Gasteiger partial charge in [0, 0.05) is 18.0 Å². The van der Waals surface area contributed by atoms with Crippen molar-refractivity contribution in [3.63, 3.8) is 0 Å². The molecule has 2 heterocycles. The van der Waals surface area contributed by atoms with Crippen LogP contribution < -0.4 is 5.32 Å². The molecule has 1 aromatic heterocycles. The third-order valence-electron chi connectivity index (χ3n) is 4.29. The second-order valence-electron chi connectivity index (χ2n) is 5.97. The van der Waals surface area contributed by atoms with Crippen LogP contribution in [-0.2, 0) is 15.8 Å². The highest BCUT2D eigenvalue weighted by atomic mass is 35.5. The molecule has 1 saturated heterocycles. The second-order valence-corrected chi connectivity index (χ2v) is 7.90. The molecule has 1 aliphatic rings. The first-order valence-corrected chi connectivity index (χ1v) is 9.76. The molecule has 2 aromatic rings. The molecule has 1 aromatic carbocycles. The molecular formula is C16H24ClN3O3S. The average molecular weight is 374 g/mol. The van der Waals surface area contributed by atoms with Gasteiger partial charge in [-0.25, -0.2) is 8.42 Å². The molecule has 6 nitrogen and oxygen atoms in total. The van der Waals surface area contributed by atoms with Gasteiger partial charge in [0.25, 0.3) is 0 Å². The van der Waals surface area contributed by atoms with Crippen LogP contribution in [0.1, 0.15) is 31.9 Å². The van der Waals surface area contributed by atoms with Crippen molar-refractivity contribution in [2.45, 2.75) is 38.0 Å². The lowest BCUT2D eigenvalue weighted by atomic mass is 10.1. The van der Waals surface area contributed by atoms with E-state index in [0.717, 1.165) is 37.7 Å². The Bertz CT molecular complexity index is 757. The Morgan fingerprint density at radius 1 is 1.29 bits per heavy atom. The van der Waals surface area contributed by atoms with Crippen LogP contribution in [0.4, 0.5) is 0 Å². The summed E-state index contributed by atoms with van der Waals surface area (Å²) in [6, 6.07) is 7.45. The zero-order valence-electron chi connectivity index (χ0n) is 13.8. The van der Waals surface area contributed by atoms with Crippen LogP contribution in [-0.4, -0.2) is 43.6 Å². The maximum Gasteiger partial charge on any atom is 0.220 e. The largest absolute Gasteiger partial charge is 0.356 e. The number of nitrogens with zero attached hydrogens (tertiary/aromatic N) is 2. The Labute approximate surface area is 149 Å². The van der Waals surface area contributed by atoms with Crippen LogP contribution in [0.2, 0.25) is 0 Å². The number of hydrogen-bond acceptors (Lipinski definition) is 5. The van der Waals surface area contributed by atoms with Crippen LogP contribution in [0, 0.1) is 0 Å². The minimum absolute atomic E-state index is 0. The van der Waals surface area contributed by atoms with E-state index in [1.165, 1.54) is 0 Å². The molecule has 8 heteroatoms. The highest BCUT2D eigenvalue weighted by Gasteiger charge is 2.31. The van der Waals surface area contributed by atoms with Crippen molar-refractivity contribution in [1.82, 2.24) is 14.8 Å². The molecule has 0 amide bonds. The third kappa shape index (κ3) is 4.08. The molecule has 0 spiro atoms. The van der Waals surface area contributed by atoms with Gasteiger partial charge in [-0.1, -0.05) is 24.2 Å². The predicted molar refractivity (Wildman–Crippen MR) is 96.8 cm³/mol. The predicted octanol–water partition coefficient (Wildman–Crippen LogP) is 2.54.